The number of thiocarbonyl (C=S) groups is 1. The molecule has 0 spiro atoms. The zero-order valence-electron chi connectivity index (χ0n) is 21.2. The maximum absolute atomic E-state index is 12.7. The molecular formula is C27H32N4O5S. The highest BCUT2D eigenvalue weighted by molar-refractivity contribution is 7.80. The molecule has 9 nitrogen and oxygen atoms in total. The lowest BCUT2D eigenvalue weighted by Crippen LogP contribution is -2.45. The highest BCUT2D eigenvalue weighted by atomic mass is 32.1. The quantitative estimate of drug-likeness (QED) is 0.127. The number of hydrazone groups is 1. The van der Waals surface area contributed by atoms with Gasteiger partial charge in [-0.1, -0.05) is 31.5 Å². The fourth-order valence-electron chi connectivity index (χ4n) is 3.60. The minimum Gasteiger partial charge on any atom is -0.494 e. The van der Waals surface area contributed by atoms with E-state index in [2.05, 4.69) is 28.1 Å². The summed E-state index contributed by atoms with van der Waals surface area (Å²) in [5.41, 5.74) is 4.90. The standard InChI is InChI=1S/C27H32N4O5S/c1-4-6-15-35-20-13-11-19(12-14-20)16-28-31-23(32)17-36-22-10-8-7-9-21(22)25-24(26(33)34-5-2)18(3)29-27(37)30-25/h7-14,16,25H,4-6,15,17H2,1-3H3,(H,31,32)(H2,29,30,37)/t25-/m1/s1. The Morgan fingerprint density at radius 2 is 1.86 bits per heavy atom. The molecule has 10 heteroatoms. The van der Waals surface area contributed by atoms with Crippen LogP contribution < -0.4 is 25.5 Å². The van der Waals surface area contributed by atoms with Crippen LogP contribution in [0.25, 0.3) is 0 Å². The van der Waals surface area contributed by atoms with Crippen molar-refractivity contribution in [1.29, 1.82) is 0 Å². The summed E-state index contributed by atoms with van der Waals surface area (Å²) in [7, 11) is 0. The van der Waals surface area contributed by atoms with Crippen molar-refractivity contribution >= 4 is 35.4 Å². The van der Waals surface area contributed by atoms with Gasteiger partial charge in [0.05, 0.1) is 31.0 Å². The summed E-state index contributed by atoms with van der Waals surface area (Å²) in [5.74, 6) is 0.325. The molecule has 1 heterocycles. The third-order valence-corrected chi connectivity index (χ3v) is 5.62. The van der Waals surface area contributed by atoms with Crippen molar-refractivity contribution in [1.82, 2.24) is 16.1 Å². The van der Waals surface area contributed by atoms with Crippen LogP contribution in [0.5, 0.6) is 11.5 Å². The van der Waals surface area contributed by atoms with Crippen LogP contribution in [-0.4, -0.2) is 43.0 Å². The molecule has 0 fully saturated rings. The van der Waals surface area contributed by atoms with E-state index >= 15 is 0 Å². The van der Waals surface area contributed by atoms with Crippen molar-refractivity contribution < 1.29 is 23.8 Å². The molecule has 3 N–H and O–H groups in total. The van der Waals surface area contributed by atoms with E-state index in [0.29, 0.717) is 34.3 Å². The van der Waals surface area contributed by atoms with Crippen molar-refractivity contribution in [2.45, 2.75) is 39.7 Å². The minimum absolute atomic E-state index is 0.239. The van der Waals surface area contributed by atoms with Gasteiger partial charge in [-0.2, -0.15) is 5.10 Å². The molecule has 0 radical (unpaired) electrons. The molecule has 1 aliphatic rings. The second kappa shape index (κ2) is 14.0. The van der Waals surface area contributed by atoms with E-state index in [4.69, 9.17) is 26.4 Å². The summed E-state index contributed by atoms with van der Waals surface area (Å²) in [6, 6.07) is 14.0. The topological polar surface area (TPSA) is 110 Å². The third-order valence-electron chi connectivity index (χ3n) is 5.40. The summed E-state index contributed by atoms with van der Waals surface area (Å²) in [5, 5.41) is 10.4. The fraction of sp³-hybridized carbons (Fsp3) is 0.333. The molecule has 0 aliphatic carbocycles. The Hall–Kier alpha value is -3.92. The smallest absolute Gasteiger partial charge is 0.338 e. The monoisotopic (exact) mass is 524 g/mol. The van der Waals surface area contributed by atoms with Gasteiger partial charge in [-0.15, -0.1) is 0 Å². The molecule has 196 valence electrons. The number of carbonyl (C=O) groups is 2. The first-order chi connectivity index (χ1) is 17.9. The fourth-order valence-corrected chi connectivity index (χ4v) is 3.87. The molecular weight excluding hydrogens is 492 g/mol. The first kappa shape index (κ1) is 27.7. The summed E-state index contributed by atoms with van der Waals surface area (Å²) in [4.78, 5) is 25.0. The molecule has 1 aliphatic heterocycles. The van der Waals surface area contributed by atoms with Crippen LogP contribution in [0.4, 0.5) is 0 Å². The predicted octanol–water partition coefficient (Wildman–Crippen LogP) is 3.75. The normalized spacial score (nSPS) is 15.1. The molecule has 2 aromatic rings. The Bertz CT molecular complexity index is 1160. The van der Waals surface area contributed by atoms with Gasteiger partial charge in [-0.25, -0.2) is 10.2 Å². The van der Waals surface area contributed by atoms with Crippen LogP contribution in [0.2, 0.25) is 0 Å². The third kappa shape index (κ3) is 8.04. The number of allylic oxidation sites excluding steroid dienone is 1. The zero-order chi connectivity index (χ0) is 26.6. The SMILES string of the molecule is CCCCOc1ccc(C=NNC(=O)COc2ccccc2[C@H]2NC(=S)NC(C)=C2C(=O)OCC)cc1. The van der Waals surface area contributed by atoms with Crippen molar-refractivity contribution in [2.24, 2.45) is 5.10 Å². The summed E-state index contributed by atoms with van der Waals surface area (Å²) in [6.45, 7) is 6.27. The number of esters is 1. The number of amides is 1. The van der Waals surface area contributed by atoms with Crippen LogP contribution in [0.3, 0.4) is 0 Å². The number of rotatable bonds is 12. The maximum atomic E-state index is 12.7. The Labute approximate surface area is 222 Å². The number of nitrogens with one attached hydrogen (secondary N) is 3. The van der Waals surface area contributed by atoms with Crippen LogP contribution >= 0.6 is 12.2 Å². The molecule has 2 aromatic carbocycles. The molecule has 0 saturated heterocycles. The highest BCUT2D eigenvalue weighted by Crippen LogP contribution is 2.33. The van der Waals surface area contributed by atoms with Gasteiger partial charge < -0.3 is 24.8 Å². The number of nitrogens with zero attached hydrogens (tertiary/aromatic N) is 1. The molecule has 0 unspecified atom stereocenters. The Morgan fingerprint density at radius 1 is 1.11 bits per heavy atom. The molecule has 1 amide bonds. The largest absolute Gasteiger partial charge is 0.494 e. The van der Waals surface area contributed by atoms with Gasteiger partial charge in [0.15, 0.2) is 11.7 Å². The lowest BCUT2D eigenvalue weighted by atomic mass is 9.95. The van der Waals surface area contributed by atoms with Crippen molar-refractivity contribution in [2.75, 3.05) is 19.8 Å². The first-order valence-corrected chi connectivity index (χ1v) is 12.6. The molecule has 0 saturated carbocycles. The zero-order valence-corrected chi connectivity index (χ0v) is 22.0. The summed E-state index contributed by atoms with van der Waals surface area (Å²) in [6.07, 6.45) is 3.63. The van der Waals surface area contributed by atoms with Gasteiger partial charge in [0.2, 0.25) is 0 Å². The molecule has 37 heavy (non-hydrogen) atoms. The second-order valence-electron chi connectivity index (χ2n) is 8.18. The minimum atomic E-state index is -0.598. The second-order valence-corrected chi connectivity index (χ2v) is 8.59. The van der Waals surface area contributed by atoms with Crippen LogP contribution in [0, 0.1) is 0 Å². The summed E-state index contributed by atoms with van der Waals surface area (Å²) < 4.78 is 16.7. The van der Waals surface area contributed by atoms with E-state index in [1.54, 1.807) is 38.3 Å². The number of para-hydroxylation sites is 1. The number of ether oxygens (including phenoxy) is 3. The number of hydrogen-bond acceptors (Lipinski definition) is 7. The highest BCUT2D eigenvalue weighted by Gasteiger charge is 2.32. The van der Waals surface area contributed by atoms with E-state index in [-0.39, 0.29) is 13.2 Å². The number of unbranched alkanes of at least 4 members (excludes halogenated alkanes) is 1. The average molecular weight is 525 g/mol. The molecule has 1 atom stereocenters. The van der Waals surface area contributed by atoms with E-state index in [9.17, 15) is 9.59 Å². The lowest BCUT2D eigenvalue weighted by Gasteiger charge is -2.30. The van der Waals surface area contributed by atoms with Gasteiger partial charge in [-0.3, -0.25) is 4.79 Å². The first-order valence-electron chi connectivity index (χ1n) is 12.1. The Balaban J connectivity index is 1.61. The number of benzene rings is 2. The molecule has 0 aromatic heterocycles. The average Bonchev–Trinajstić information content (AvgIpc) is 2.88. The molecule has 0 bridgehead atoms. The van der Waals surface area contributed by atoms with Crippen LogP contribution in [0.15, 0.2) is 64.9 Å². The maximum Gasteiger partial charge on any atom is 0.338 e. The predicted molar refractivity (Wildman–Crippen MR) is 145 cm³/mol. The van der Waals surface area contributed by atoms with Crippen LogP contribution in [0.1, 0.15) is 50.8 Å². The van der Waals surface area contributed by atoms with E-state index in [0.717, 1.165) is 24.2 Å². The Morgan fingerprint density at radius 3 is 2.59 bits per heavy atom. The number of carbonyl (C=O) groups excluding carboxylic acids is 2. The Kier molecular flexibility index (Phi) is 10.5. The summed E-state index contributed by atoms with van der Waals surface area (Å²) >= 11 is 5.30. The van der Waals surface area contributed by atoms with Crippen LogP contribution in [-0.2, 0) is 14.3 Å². The van der Waals surface area contributed by atoms with Crippen molar-refractivity contribution in [3.63, 3.8) is 0 Å². The lowest BCUT2D eigenvalue weighted by molar-refractivity contribution is -0.139. The van der Waals surface area contributed by atoms with Gasteiger partial charge >= 0.3 is 5.97 Å². The van der Waals surface area contributed by atoms with Gasteiger partial charge in [0.25, 0.3) is 5.91 Å². The van der Waals surface area contributed by atoms with E-state index < -0.39 is 17.9 Å². The molecule has 3 rings (SSSR count). The van der Waals surface area contributed by atoms with Gasteiger partial charge in [-0.05, 0) is 68.4 Å². The van der Waals surface area contributed by atoms with E-state index in [1.807, 2.05) is 30.3 Å². The number of hydrogen-bond donors (Lipinski definition) is 3. The van der Waals surface area contributed by atoms with E-state index in [1.165, 1.54) is 0 Å². The van der Waals surface area contributed by atoms with Crippen molar-refractivity contribution in [3.8, 4) is 11.5 Å². The van der Waals surface area contributed by atoms with Gasteiger partial charge in [0, 0.05) is 11.3 Å². The van der Waals surface area contributed by atoms with Crippen molar-refractivity contribution in [3.05, 3.63) is 70.9 Å². The van der Waals surface area contributed by atoms with Gasteiger partial charge in [0.1, 0.15) is 11.5 Å².